The lowest BCUT2D eigenvalue weighted by molar-refractivity contribution is -0.178. The first-order valence-electron chi connectivity index (χ1n) is 16.1. The summed E-state index contributed by atoms with van der Waals surface area (Å²) in [6.45, 7) is 8.43. The van der Waals surface area contributed by atoms with Crippen molar-refractivity contribution in [2.45, 2.75) is 25.2 Å². The first-order chi connectivity index (χ1) is 23.5. The van der Waals surface area contributed by atoms with Gasteiger partial charge in [0.25, 0.3) is 0 Å². The van der Waals surface area contributed by atoms with Crippen molar-refractivity contribution in [2.24, 2.45) is 17.8 Å². The summed E-state index contributed by atoms with van der Waals surface area (Å²) in [6.07, 6.45) is -0.749. The number of nitrogens with one attached hydrogen (secondary N) is 2. The minimum absolute atomic E-state index is 0.0295. The summed E-state index contributed by atoms with van der Waals surface area (Å²) in [6, 6.07) is 2.74. The highest BCUT2D eigenvalue weighted by Crippen LogP contribution is 2.59. The fourth-order valence-corrected chi connectivity index (χ4v) is 7.18. The molecule has 49 heavy (non-hydrogen) atoms. The topological polar surface area (TPSA) is 147 Å². The Labute approximate surface area is 279 Å². The van der Waals surface area contributed by atoms with Gasteiger partial charge in [-0.05, 0) is 42.0 Å². The third-order valence-electron chi connectivity index (χ3n) is 9.94. The highest BCUT2D eigenvalue weighted by atomic mass is 19.4. The maximum atomic E-state index is 14.3. The molecule has 2 aliphatic heterocycles. The fraction of sp³-hybridized carbons (Fsp3) is 0.500. The highest BCUT2D eigenvalue weighted by Gasteiger charge is 2.65. The highest BCUT2D eigenvalue weighted by molar-refractivity contribution is 5.88. The van der Waals surface area contributed by atoms with Crippen LogP contribution in [0.4, 0.5) is 29.6 Å². The third-order valence-corrected chi connectivity index (χ3v) is 9.94. The molecule has 8 rings (SSSR count). The Morgan fingerprint density at radius 1 is 1.10 bits per heavy atom. The molecule has 2 bridgehead atoms. The number of rotatable bonds is 8. The zero-order valence-electron chi connectivity index (χ0n) is 26.8. The van der Waals surface area contributed by atoms with Crippen LogP contribution in [0.5, 0.6) is 0 Å². The molecule has 3 aliphatic carbocycles. The van der Waals surface area contributed by atoms with Crippen LogP contribution < -0.4 is 15.5 Å². The molecule has 0 spiro atoms. The molecule has 0 radical (unpaired) electrons. The number of pyridine rings is 1. The van der Waals surface area contributed by atoms with Gasteiger partial charge in [-0.2, -0.15) is 13.2 Å². The summed E-state index contributed by atoms with van der Waals surface area (Å²) in [5.41, 5.74) is 0.141. The molecule has 260 valence electrons. The van der Waals surface area contributed by atoms with Crippen LogP contribution in [0.2, 0.25) is 0 Å². The van der Waals surface area contributed by atoms with Crippen LogP contribution in [-0.2, 0) is 31.8 Å². The van der Waals surface area contributed by atoms with Gasteiger partial charge in [-0.3, -0.25) is 19.8 Å². The van der Waals surface area contributed by atoms with Gasteiger partial charge < -0.3 is 24.6 Å². The molecule has 3 amide bonds. The van der Waals surface area contributed by atoms with Crippen LogP contribution >= 0.6 is 0 Å². The summed E-state index contributed by atoms with van der Waals surface area (Å²) >= 11 is 0. The number of nitrogens with zero attached hydrogens (tertiary/aromatic N) is 7. The first-order valence-corrected chi connectivity index (χ1v) is 16.1. The predicted octanol–water partition coefficient (Wildman–Crippen LogP) is 2.41. The Bertz CT molecular complexity index is 1780. The largest absolute Gasteiger partial charge is 0.453 e. The average Bonchev–Trinajstić information content (AvgIpc) is 3.48. The molecule has 2 saturated heterocycles. The quantitative estimate of drug-likeness (QED) is 0.340. The van der Waals surface area contributed by atoms with Gasteiger partial charge in [0.2, 0.25) is 11.8 Å². The van der Waals surface area contributed by atoms with E-state index < -0.39 is 17.8 Å². The maximum Gasteiger partial charge on any atom is 0.417 e. The number of carbonyl (C=O) groups excluding carboxylic acids is 3. The van der Waals surface area contributed by atoms with Crippen molar-refractivity contribution in [3.05, 3.63) is 48.3 Å². The first kappa shape index (κ1) is 32.8. The Morgan fingerprint density at radius 2 is 1.84 bits per heavy atom. The van der Waals surface area contributed by atoms with Crippen molar-refractivity contribution in [1.82, 2.24) is 34.7 Å². The molecule has 2 N–H and O–H groups in total. The van der Waals surface area contributed by atoms with E-state index in [9.17, 15) is 27.6 Å². The molecule has 3 saturated carbocycles. The second kappa shape index (κ2) is 12.9. The number of alkyl halides is 3. The number of morpholine rings is 1. The van der Waals surface area contributed by atoms with Crippen LogP contribution in [-0.4, -0.2) is 113 Å². The van der Waals surface area contributed by atoms with Crippen molar-refractivity contribution < 1.29 is 37.0 Å². The smallest absolute Gasteiger partial charge is 0.417 e. The number of hydrogen-bond donors (Lipinski definition) is 2. The zero-order chi connectivity index (χ0) is 34.4. The molecule has 14 nitrogen and oxygen atoms in total. The molecule has 3 aromatic rings. The van der Waals surface area contributed by atoms with Crippen LogP contribution in [0.25, 0.3) is 16.9 Å². The molecular formula is C32H36F3N9O5. The van der Waals surface area contributed by atoms with E-state index in [1.807, 2.05) is 15.9 Å². The third kappa shape index (κ3) is 6.27. The molecular weight excluding hydrogens is 647 g/mol. The van der Waals surface area contributed by atoms with Crippen LogP contribution in [0.15, 0.2) is 37.2 Å². The van der Waals surface area contributed by atoms with E-state index in [-0.39, 0.29) is 52.8 Å². The van der Waals surface area contributed by atoms with Gasteiger partial charge in [-0.25, -0.2) is 19.3 Å². The standard InChI is InChI=1S/C32H36F3N9O5/c1-3-25(45)38-27-19-13-20(27)26(19)30(46)43-6-4-41(5-7-43)16-18-12-23-29(42-8-10-49-11-9-42)39-28(40-44(23)17-18)21-15-36-24(37-31(47)48-2)14-22(21)32(33,34)35/h3,12,14-15,17,19-20,26-27H,1,4-11,13,16H2,2H3,(H,38,45)(H,36,37,47)/t19-,20+,26?,27?. The van der Waals surface area contributed by atoms with Crippen molar-refractivity contribution in [2.75, 3.05) is 69.8 Å². The van der Waals surface area contributed by atoms with Crippen molar-refractivity contribution in [3.8, 4) is 11.4 Å². The van der Waals surface area contributed by atoms with E-state index in [0.717, 1.165) is 31.4 Å². The fourth-order valence-electron chi connectivity index (χ4n) is 7.18. The van der Waals surface area contributed by atoms with Gasteiger partial charge in [0.1, 0.15) is 11.3 Å². The van der Waals surface area contributed by atoms with Gasteiger partial charge in [-0.1, -0.05) is 6.58 Å². The zero-order valence-corrected chi connectivity index (χ0v) is 26.8. The SMILES string of the molecule is C=CC(=O)NC1[C@H]2C[C@@H]1C2C(=O)N1CCN(Cc2cc3c(N4CCOCC4)nc(-c4cnc(NC(=O)OC)cc4C(F)(F)F)nn3c2)CC1. The van der Waals surface area contributed by atoms with Gasteiger partial charge in [0, 0.05) is 70.2 Å². The van der Waals surface area contributed by atoms with Crippen LogP contribution in [0, 0.1) is 17.8 Å². The average molecular weight is 684 g/mol. The number of carbonyl (C=O) groups is 3. The molecule has 2 unspecified atom stereocenters. The van der Waals surface area contributed by atoms with E-state index >= 15 is 0 Å². The lowest BCUT2D eigenvalue weighted by Gasteiger charge is -2.64. The van der Waals surface area contributed by atoms with Gasteiger partial charge >= 0.3 is 12.3 Å². The number of ether oxygens (including phenoxy) is 2. The summed E-state index contributed by atoms with van der Waals surface area (Å²) in [4.78, 5) is 51.3. The number of methoxy groups -OCH3 is 1. The van der Waals surface area contributed by atoms with E-state index in [4.69, 9.17) is 4.74 Å². The Kier molecular flexibility index (Phi) is 8.64. The summed E-state index contributed by atoms with van der Waals surface area (Å²) in [5.74, 6) is 0.276. The van der Waals surface area contributed by atoms with Crippen molar-refractivity contribution >= 4 is 35.1 Å². The van der Waals surface area contributed by atoms with Gasteiger partial charge in [-0.15, -0.1) is 5.10 Å². The van der Waals surface area contributed by atoms with E-state index in [0.29, 0.717) is 70.4 Å². The number of hydrogen-bond acceptors (Lipinski definition) is 10. The number of piperazine rings is 1. The second-order valence-corrected chi connectivity index (χ2v) is 12.7. The summed E-state index contributed by atoms with van der Waals surface area (Å²) in [7, 11) is 1.10. The molecule has 3 aromatic heterocycles. The molecule has 4 atom stereocenters. The minimum Gasteiger partial charge on any atom is -0.453 e. The van der Waals surface area contributed by atoms with Gasteiger partial charge in [0.15, 0.2) is 11.6 Å². The number of aromatic nitrogens is 4. The molecule has 5 fully saturated rings. The molecule has 5 aliphatic rings. The lowest BCUT2D eigenvalue weighted by Crippen LogP contribution is -2.73. The lowest BCUT2D eigenvalue weighted by atomic mass is 9.44. The van der Waals surface area contributed by atoms with Crippen LogP contribution in [0.3, 0.4) is 0 Å². The van der Waals surface area contributed by atoms with E-state index in [2.05, 4.69) is 41.9 Å². The molecule has 17 heteroatoms. The van der Waals surface area contributed by atoms with Gasteiger partial charge in [0.05, 0.1) is 31.5 Å². The molecule has 0 aromatic carbocycles. The summed E-state index contributed by atoms with van der Waals surface area (Å²) in [5, 5.41) is 9.60. The van der Waals surface area contributed by atoms with E-state index in [1.54, 1.807) is 10.7 Å². The predicted molar refractivity (Wildman–Crippen MR) is 169 cm³/mol. The number of anilines is 2. The summed E-state index contributed by atoms with van der Waals surface area (Å²) < 4.78 is 54.4. The minimum atomic E-state index is -4.80. The van der Waals surface area contributed by atoms with Crippen LogP contribution in [0.1, 0.15) is 17.5 Å². The normalized spacial score (nSPS) is 23.8. The second-order valence-electron chi connectivity index (χ2n) is 12.7. The Balaban J connectivity index is 1.09. The van der Waals surface area contributed by atoms with E-state index in [1.165, 1.54) is 6.08 Å². The Hall–Kier alpha value is -4.77. The molecule has 5 heterocycles. The monoisotopic (exact) mass is 683 g/mol. The number of amides is 3. The number of halogens is 3. The Morgan fingerprint density at radius 3 is 2.49 bits per heavy atom. The number of fused-ring (bicyclic) bond motifs is 1. The van der Waals surface area contributed by atoms with Crippen molar-refractivity contribution in [3.63, 3.8) is 0 Å². The van der Waals surface area contributed by atoms with Crippen molar-refractivity contribution in [1.29, 1.82) is 0 Å². The maximum absolute atomic E-state index is 14.3.